The molecule has 0 amide bonds. The molecule has 7 heteroatoms. The van der Waals surface area contributed by atoms with Gasteiger partial charge in [0.05, 0.1) is 58.2 Å². The highest BCUT2D eigenvalue weighted by atomic mass is 16.5. The molecule has 0 saturated carbocycles. The van der Waals surface area contributed by atoms with E-state index in [2.05, 4.69) is 16.8 Å². The predicted molar refractivity (Wildman–Crippen MR) is 110 cm³/mol. The fourth-order valence-electron chi connectivity index (χ4n) is 4.31. The zero-order valence-electron chi connectivity index (χ0n) is 17.4. The lowest BCUT2D eigenvalue weighted by Crippen LogP contribution is -3.14. The minimum atomic E-state index is 0.0824. The van der Waals surface area contributed by atoms with Crippen LogP contribution in [0.4, 0.5) is 5.95 Å². The van der Waals surface area contributed by atoms with E-state index in [1.807, 2.05) is 18.2 Å². The number of hydrogen-bond acceptors (Lipinski definition) is 6. The van der Waals surface area contributed by atoms with Crippen LogP contribution in [0.5, 0.6) is 11.5 Å². The van der Waals surface area contributed by atoms with Crippen molar-refractivity contribution < 1.29 is 19.2 Å². The molecule has 1 saturated heterocycles. The number of benzene rings is 1. The van der Waals surface area contributed by atoms with Crippen molar-refractivity contribution in [2.24, 2.45) is 0 Å². The maximum Gasteiger partial charge on any atom is 0.225 e. The van der Waals surface area contributed by atoms with E-state index in [0.29, 0.717) is 23.5 Å². The van der Waals surface area contributed by atoms with Gasteiger partial charge in [-0.3, -0.25) is 4.79 Å². The molecule has 1 atom stereocenters. The van der Waals surface area contributed by atoms with E-state index in [1.165, 1.54) is 0 Å². The number of carbonyl (C=O) groups excluding carboxylic acids is 1. The van der Waals surface area contributed by atoms with Gasteiger partial charge in [-0.15, -0.1) is 0 Å². The second-order valence-electron chi connectivity index (χ2n) is 7.76. The summed E-state index contributed by atoms with van der Waals surface area (Å²) in [5.74, 6) is 2.32. The Hall–Kier alpha value is -2.67. The van der Waals surface area contributed by atoms with Crippen molar-refractivity contribution in [2.45, 2.75) is 25.7 Å². The molecule has 0 spiro atoms. The number of fused-ring (bicyclic) bond motifs is 1. The predicted octanol–water partition coefficient (Wildman–Crippen LogP) is 1.13. The number of quaternary nitrogens is 1. The number of anilines is 1. The Morgan fingerprint density at radius 3 is 2.59 bits per heavy atom. The number of hydrogen-bond donors (Lipinski definition) is 1. The fourth-order valence-corrected chi connectivity index (χ4v) is 4.31. The molecule has 0 unspecified atom stereocenters. The second-order valence-corrected chi connectivity index (χ2v) is 7.76. The third-order valence-corrected chi connectivity index (χ3v) is 6.16. The van der Waals surface area contributed by atoms with Gasteiger partial charge in [0.1, 0.15) is 0 Å². The lowest BCUT2D eigenvalue weighted by atomic mass is 9.82. The van der Waals surface area contributed by atoms with Crippen LogP contribution in [0.25, 0.3) is 0 Å². The summed E-state index contributed by atoms with van der Waals surface area (Å²) in [6.07, 6.45) is 2.92. The van der Waals surface area contributed by atoms with Crippen molar-refractivity contribution in [2.75, 3.05) is 51.8 Å². The Morgan fingerprint density at radius 2 is 1.90 bits per heavy atom. The summed E-state index contributed by atoms with van der Waals surface area (Å²) >= 11 is 0. The van der Waals surface area contributed by atoms with Crippen LogP contribution in [0.1, 0.15) is 40.9 Å². The molecule has 2 aliphatic rings. The summed E-state index contributed by atoms with van der Waals surface area (Å²) in [4.78, 5) is 25.9. The molecule has 7 nitrogen and oxygen atoms in total. The normalized spacial score (nSPS) is 19.8. The first-order valence-corrected chi connectivity index (χ1v) is 10.3. The van der Waals surface area contributed by atoms with Crippen LogP contribution in [-0.2, 0) is 6.42 Å². The summed E-state index contributed by atoms with van der Waals surface area (Å²) in [5, 5.41) is 0. The highest BCUT2D eigenvalue weighted by molar-refractivity contribution is 5.98. The molecular formula is C22H29N4O3+. The van der Waals surface area contributed by atoms with Gasteiger partial charge in [-0.1, -0.05) is 6.07 Å². The Bertz CT molecular complexity index is 894. The number of ether oxygens (including phenoxy) is 2. The van der Waals surface area contributed by atoms with Crippen molar-refractivity contribution in [3.63, 3.8) is 0 Å². The number of methoxy groups -OCH3 is 2. The summed E-state index contributed by atoms with van der Waals surface area (Å²) in [5.41, 5.74) is 2.60. The molecule has 4 rings (SSSR count). The molecule has 2 heterocycles. The lowest BCUT2D eigenvalue weighted by Gasteiger charge is -2.32. The van der Waals surface area contributed by atoms with Gasteiger partial charge in [-0.2, -0.15) is 0 Å². The van der Waals surface area contributed by atoms with Gasteiger partial charge >= 0.3 is 0 Å². The van der Waals surface area contributed by atoms with Gasteiger partial charge in [0.2, 0.25) is 5.95 Å². The smallest absolute Gasteiger partial charge is 0.225 e. The number of nitrogens with zero attached hydrogens (tertiary/aromatic N) is 3. The van der Waals surface area contributed by atoms with Gasteiger partial charge in [0.25, 0.3) is 0 Å². The molecule has 0 radical (unpaired) electrons. The monoisotopic (exact) mass is 397 g/mol. The molecule has 29 heavy (non-hydrogen) atoms. The van der Waals surface area contributed by atoms with Crippen LogP contribution in [0.15, 0.2) is 24.4 Å². The van der Waals surface area contributed by atoms with E-state index in [9.17, 15) is 4.79 Å². The van der Waals surface area contributed by atoms with E-state index in [4.69, 9.17) is 14.5 Å². The van der Waals surface area contributed by atoms with Gasteiger partial charge in [0, 0.05) is 12.6 Å². The molecule has 154 valence electrons. The molecule has 1 fully saturated rings. The minimum absolute atomic E-state index is 0.0824. The van der Waals surface area contributed by atoms with Crippen LogP contribution in [0.2, 0.25) is 0 Å². The molecular weight excluding hydrogens is 368 g/mol. The number of rotatable bonds is 5. The molecule has 1 N–H and O–H groups in total. The second kappa shape index (κ2) is 8.37. The van der Waals surface area contributed by atoms with Crippen molar-refractivity contribution in [1.29, 1.82) is 0 Å². The van der Waals surface area contributed by atoms with Crippen LogP contribution in [0.3, 0.4) is 0 Å². The highest BCUT2D eigenvalue weighted by Crippen LogP contribution is 2.36. The molecule has 1 aromatic carbocycles. The summed E-state index contributed by atoms with van der Waals surface area (Å²) in [6, 6.07) is 5.88. The summed E-state index contributed by atoms with van der Waals surface area (Å²) < 4.78 is 10.8. The molecule has 0 bridgehead atoms. The lowest BCUT2D eigenvalue weighted by molar-refractivity contribution is -0.898. The maximum absolute atomic E-state index is 12.8. The fraction of sp³-hybridized carbons (Fsp3) is 0.500. The van der Waals surface area contributed by atoms with Crippen molar-refractivity contribution in [3.8, 4) is 11.5 Å². The van der Waals surface area contributed by atoms with Crippen molar-refractivity contribution in [3.05, 3.63) is 41.2 Å². The van der Waals surface area contributed by atoms with Gasteiger partial charge < -0.3 is 19.3 Å². The summed E-state index contributed by atoms with van der Waals surface area (Å²) in [7, 11) is 3.25. The Kier molecular flexibility index (Phi) is 5.67. The minimum Gasteiger partial charge on any atom is -0.493 e. The number of nitrogens with one attached hydrogen (secondary N) is 1. The third kappa shape index (κ3) is 3.92. The molecule has 1 aromatic heterocycles. The summed E-state index contributed by atoms with van der Waals surface area (Å²) in [6.45, 7) is 7.49. The molecule has 1 aliphatic heterocycles. The average Bonchev–Trinajstić information content (AvgIpc) is 2.78. The number of ketones is 1. The largest absolute Gasteiger partial charge is 0.493 e. The maximum atomic E-state index is 12.8. The number of carbonyl (C=O) groups is 1. The van der Waals surface area contributed by atoms with Crippen molar-refractivity contribution >= 4 is 11.7 Å². The van der Waals surface area contributed by atoms with E-state index >= 15 is 0 Å². The Morgan fingerprint density at radius 1 is 1.14 bits per heavy atom. The van der Waals surface area contributed by atoms with Gasteiger partial charge in [0.15, 0.2) is 17.3 Å². The zero-order valence-corrected chi connectivity index (χ0v) is 17.4. The number of piperazine rings is 1. The first-order valence-electron chi connectivity index (χ1n) is 10.3. The Balaban J connectivity index is 1.57. The number of Topliss-reactive ketones (excluding diaryl/α,β-unsaturated/α-hetero) is 1. The van der Waals surface area contributed by atoms with E-state index < -0.39 is 0 Å². The van der Waals surface area contributed by atoms with Crippen molar-refractivity contribution in [1.82, 2.24) is 9.97 Å². The molecule has 1 aliphatic carbocycles. The SMILES string of the molecule is CC[NH+]1CCN(c2ncc3c(n2)C[C@@H](c2ccc(OC)c(OC)c2)CC3=O)CC1. The topological polar surface area (TPSA) is 69.0 Å². The van der Waals surface area contributed by atoms with Crippen LogP contribution in [0, 0.1) is 0 Å². The van der Waals surface area contributed by atoms with Gasteiger partial charge in [-0.05, 0) is 37.0 Å². The first-order chi connectivity index (χ1) is 14.1. The Labute approximate surface area is 171 Å². The van der Waals surface area contributed by atoms with Crippen LogP contribution < -0.4 is 19.3 Å². The molecule has 2 aromatic rings. The van der Waals surface area contributed by atoms with Gasteiger partial charge in [-0.25, -0.2) is 9.97 Å². The van der Waals surface area contributed by atoms with Crippen LogP contribution in [-0.4, -0.2) is 62.7 Å². The standard InChI is InChI=1S/C22H28N4O3/c1-4-25-7-9-26(10-8-25)22-23-14-17-18(24-22)11-16(12-19(17)27)15-5-6-20(28-2)21(13-15)29-3/h5-6,13-14,16H,4,7-12H2,1-3H3/p+1/t16-/m1/s1. The third-order valence-electron chi connectivity index (χ3n) is 6.16. The van der Waals surface area contributed by atoms with Crippen LogP contribution >= 0.6 is 0 Å². The highest BCUT2D eigenvalue weighted by Gasteiger charge is 2.30. The number of likely N-dealkylation sites (N-methyl/N-ethyl adjacent to an activating group) is 1. The first kappa shape index (κ1) is 19.6. The zero-order chi connectivity index (χ0) is 20.4. The van der Waals surface area contributed by atoms with E-state index in [-0.39, 0.29) is 11.7 Å². The average molecular weight is 397 g/mol. The quantitative estimate of drug-likeness (QED) is 0.816. The van der Waals surface area contributed by atoms with E-state index in [0.717, 1.165) is 56.4 Å². The number of aromatic nitrogens is 2. The van der Waals surface area contributed by atoms with E-state index in [1.54, 1.807) is 25.3 Å².